The third kappa shape index (κ3) is 3.99. The fourth-order valence-electron chi connectivity index (χ4n) is 1.22. The molecule has 84 valence electrons. The maximum atomic E-state index is 11.1. The van der Waals surface area contributed by atoms with E-state index in [0.29, 0.717) is 11.6 Å². The molecule has 1 aromatic carbocycles. The molecule has 0 bridgehead atoms. The molecule has 1 aromatic rings. The van der Waals surface area contributed by atoms with Crippen molar-refractivity contribution in [2.45, 2.75) is 11.4 Å². The molecular formula is C9H11Cl2NO2S. The summed E-state index contributed by atoms with van der Waals surface area (Å²) < 4.78 is 22.2. The molecule has 3 nitrogen and oxygen atoms in total. The minimum Gasteiger partial charge on any atom is -0.305 e. The summed E-state index contributed by atoms with van der Waals surface area (Å²) in [4.78, 5) is 1.95. The molecule has 0 amide bonds. The topological polar surface area (TPSA) is 37.4 Å². The van der Waals surface area contributed by atoms with Crippen LogP contribution in [-0.4, -0.2) is 27.4 Å². The summed E-state index contributed by atoms with van der Waals surface area (Å²) in [5.41, 5.74) is 0.812. The van der Waals surface area contributed by atoms with E-state index >= 15 is 0 Å². The van der Waals surface area contributed by atoms with Gasteiger partial charge in [-0.2, -0.15) is 0 Å². The molecule has 1 rings (SSSR count). The molecule has 0 saturated heterocycles. The fraction of sp³-hybridized carbons (Fsp3) is 0.333. The molecule has 0 aliphatic heterocycles. The molecule has 6 heteroatoms. The van der Waals surface area contributed by atoms with Gasteiger partial charge in [0.05, 0.1) is 4.90 Å². The molecule has 0 radical (unpaired) electrons. The highest BCUT2D eigenvalue weighted by molar-refractivity contribution is 8.13. The van der Waals surface area contributed by atoms with Gasteiger partial charge in [-0.05, 0) is 37.9 Å². The number of hydrogen-bond acceptors (Lipinski definition) is 3. The highest BCUT2D eigenvalue weighted by Gasteiger charge is 2.12. The molecule has 0 heterocycles. The average molecular weight is 268 g/mol. The Morgan fingerprint density at radius 3 is 2.33 bits per heavy atom. The van der Waals surface area contributed by atoms with Crippen LogP contribution in [0.25, 0.3) is 0 Å². The normalized spacial score (nSPS) is 12.1. The van der Waals surface area contributed by atoms with Crippen LogP contribution in [-0.2, 0) is 15.6 Å². The summed E-state index contributed by atoms with van der Waals surface area (Å²) in [5, 5.41) is 0.369. The van der Waals surface area contributed by atoms with Gasteiger partial charge in [-0.1, -0.05) is 11.6 Å². The van der Waals surface area contributed by atoms with Gasteiger partial charge in [-0.3, -0.25) is 0 Å². The maximum absolute atomic E-state index is 11.1. The second-order valence-electron chi connectivity index (χ2n) is 3.47. The number of nitrogens with zero attached hydrogens (tertiary/aromatic N) is 1. The minimum atomic E-state index is -3.71. The Morgan fingerprint density at radius 1 is 1.27 bits per heavy atom. The van der Waals surface area contributed by atoms with Gasteiger partial charge in [0.1, 0.15) is 0 Å². The second kappa shape index (κ2) is 4.70. The maximum Gasteiger partial charge on any atom is 0.261 e. The van der Waals surface area contributed by atoms with Crippen LogP contribution in [0, 0.1) is 0 Å². The Kier molecular flexibility index (Phi) is 4.00. The van der Waals surface area contributed by atoms with Crippen molar-refractivity contribution in [3.63, 3.8) is 0 Å². The summed E-state index contributed by atoms with van der Waals surface area (Å²) in [6, 6.07) is 4.57. The highest BCUT2D eigenvalue weighted by Crippen LogP contribution is 2.22. The van der Waals surface area contributed by atoms with Crippen molar-refractivity contribution in [1.82, 2.24) is 4.90 Å². The first-order valence-corrected chi connectivity index (χ1v) is 6.86. The summed E-state index contributed by atoms with van der Waals surface area (Å²) in [7, 11) is 5.29. The number of rotatable bonds is 3. The molecular weight excluding hydrogens is 257 g/mol. The van der Waals surface area contributed by atoms with E-state index in [-0.39, 0.29) is 4.90 Å². The van der Waals surface area contributed by atoms with Crippen LogP contribution in [0.1, 0.15) is 5.56 Å². The smallest absolute Gasteiger partial charge is 0.261 e. The van der Waals surface area contributed by atoms with Gasteiger partial charge in [0.2, 0.25) is 0 Å². The van der Waals surface area contributed by atoms with E-state index in [0.717, 1.165) is 5.56 Å². The lowest BCUT2D eigenvalue weighted by Gasteiger charge is -2.10. The van der Waals surface area contributed by atoms with E-state index in [1.807, 2.05) is 19.0 Å². The van der Waals surface area contributed by atoms with Gasteiger partial charge in [0.15, 0.2) is 0 Å². The van der Waals surface area contributed by atoms with Gasteiger partial charge >= 0.3 is 0 Å². The zero-order chi connectivity index (χ0) is 11.6. The molecule has 0 aromatic heterocycles. The van der Waals surface area contributed by atoms with Crippen LogP contribution >= 0.6 is 22.3 Å². The monoisotopic (exact) mass is 267 g/mol. The van der Waals surface area contributed by atoms with Crippen molar-refractivity contribution in [3.8, 4) is 0 Å². The van der Waals surface area contributed by atoms with Crippen molar-refractivity contribution < 1.29 is 8.42 Å². The van der Waals surface area contributed by atoms with Crippen LogP contribution < -0.4 is 0 Å². The Balaban J connectivity index is 3.17. The summed E-state index contributed by atoms with van der Waals surface area (Å²) in [5.74, 6) is 0. The first-order chi connectivity index (χ1) is 6.79. The molecule has 0 unspecified atom stereocenters. The summed E-state index contributed by atoms with van der Waals surface area (Å²) >= 11 is 5.80. The van der Waals surface area contributed by atoms with Crippen LogP contribution in [0.4, 0.5) is 0 Å². The van der Waals surface area contributed by atoms with E-state index in [1.165, 1.54) is 12.1 Å². The summed E-state index contributed by atoms with van der Waals surface area (Å²) in [6.07, 6.45) is 0. The lowest BCUT2D eigenvalue weighted by atomic mass is 10.2. The zero-order valence-electron chi connectivity index (χ0n) is 8.37. The number of hydrogen-bond donors (Lipinski definition) is 0. The fourth-order valence-corrected chi connectivity index (χ4v) is 2.37. The predicted octanol–water partition coefficient (Wildman–Crippen LogP) is 2.33. The Hall–Kier alpha value is -0.290. The quantitative estimate of drug-likeness (QED) is 0.789. The second-order valence-corrected chi connectivity index (χ2v) is 6.47. The first-order valence-electron chi connectivity index (χ1n) is 4.18. The SMILES string of the molecule is CN(C)Cc1cc(Cl)cc(S(=O)(=O)Cl)c1. The molecule has 0 aliphatic carbocycles. The Labute approximate surface area is 99.0 Å². The van der Waals surface area contributed by atoms with Crippen LogP contribution in [0.15, 0.2) is 23.1 Å². The summed E-state index contributed by atoms with van der Waals surface area (Å²) in [6.45, 7) is 0.611. The van der Waals surface area contributed by atoms with E-state index in [9.17, 15) is 8.42 Å². The van der Waals surface area contributed by atoms with E-state index < -0.39 is 9.05 Å². The Bertz CT molecular complexity index is 457. The first kappa shape index (κ1) is 12.8. The van der Waals surface area contributed by atoms with Crippen LogP contribution in [0.3, 0.4) is 0 Å². The third-order valence-electron chi connectivity index (χ3n) is 1.71. The standard InChI is InChI=1S/C9H11Cl2NO2S/c1-12(2)6-7-3-8(10)5-9(4-7)15(11,13)14/h3-5H,6H2,1-2H3. The van der Waals surface area contributed by atoms with Crippen molar-refractivity contribution in [2.75, 3.05) is 14.1 Å². The van der Waals surface area contributed by atoms with Crippen molar-refractivity contribution >= 4 is 31.3 Å². The molecule has 0 saturated carbocycles. The number of halogens is 2. The van der Waals surface area contributed by atoms with Crippen molar-refractivity contribution in [2.24, 2.45) is 0 Å². The highest BCUT2D eigenvalue weighted by atomic mass is 35.7. The van der Waals surface area contributed by atoms with Crippen molar-refractivity contribution in [3.05, 3.63) is 28.8 Å². The Morgan fingerprint density at radius 2 is 1.87 bits per heavy atom. The third-order valence-corrected chi connectivity index (χ3v) is 3.26. The van der Waals surface area contributed by atoms with Gasteiger partial charge in [0.25, 0.3) is 9.05 Å². The molecule has 0 N–H and O–H groups in total. The van der Waals surface area contributed by atoms with Gasteiger partial charge < -0.3 is 4.90 Å². The molecule has 0 aliphatic rings. The van der Waals surface area contributed by atoms with E-state index in [1.54, 1.807) is 6.07 Å². The van der Waals surface area contributed by atoms with E-state index in [2.05, 4.69) is 0 Å². The van der Waals surface area contributed by atoms with Crippen LogP contribution in [0.5, 0.6) is 0 Å². The van der Waals surface area contributed by atoms with Crippen molar-refractivity contribution in [1.29, 1.82) is 0 Å². The zero-order valence-corrected chi connectivity index (χ0v) is 10.7. The van der Waals surface area contributed by atoms with Gasteiger partial charge in [-0.25, -0.2) is 8.42 Å². The average Bonchev–Trinajstić information content (AvgIpc) is 1.99. The van der Waals surface area contributed by atoms with Gasteiger partial charge in [0, 0.05) is 22.2 Å². The lowest BCUT2D eigenvalue weighted by molar-refractivity contribution is 0.402. The minimum absolute atomic E-state index is 0.0357. The molecule has 0 spiro atoms. The number of benzene rings is 1. The van der Waals surface area contributed by atoms with Crippen LogP contribution in [0.2, 0.25) is 5.02 Å². The van der Waals surface area contributed by atoms with E-state index in [4.69, 9.17) is 22.3 Å². The predicted molar refractivity (Wildman–Crippen MR) is 61.9 cm³/mol. The van der Waals surface area contributed by atoms with Gasteiger partial charge in [-0.15, -0.1) is 0 Å². The molecule has 0 fully saturated rings. The lowest BCUT2D eigenvalue weighted by Crippen LogP contribution is -2.11. The molecule has 15 heavy (non-hydrogen) atoms. The largest absolute Gasteiger partial charge is 0.305 e. The molecule has 0 atom stereocenters.